The molecule has 0 spiro atoms. The molecule has 0 aromatic heterocycles. The SMILES string of the molecule is CSSC(COc1cccc(C(=O)NCCN)c1)OCCOCC(=O)NCC#CB[C@H]1C[C@@H](O[C@@H](COP(=O)(O)O)SSC)C(CO)O1. The van der Waals surface area contributed by atoms with Crippen LogP contribution in [0.25, 0.3) is 0 Å². The molecule has 0 bridgehead atoms. The number of benzene rings is 1. The van der Waals surface area contributed by atoms with E-state index in [-0.39, 0.29) is 69.4 Å². The predicted molar refractivity (Wildman–Crippen MR) is 191 cm³/mol. The number of nitrogens with two attached hydrogens (primary N) is 1. The van der Waals surface area contributed by atoms with E-state index < -0.39 is 25.5 Å². The fourth-order valence-corrected chi connectivity index (χ4v) is 7.39. The average Bonchev–Trinajstić information content (AvgIpc) is 3.45. The molecular formula is C27H43BN3O12PS4. The number of aliphatic hydroxyl groups is 1. The van der Waals surface area contributed by atoms with Crippen LogP contribution < -0.4 is 21.1 Å². The molecule has 5 atom stereocenters. The van der Waals surface area contributed by atoms with Crippen LogP contribution in [0, 0.1) is 11.7 Å². The van der Waals surface area contributed by atoms with E-state index in [9.17, 15) is 19.3 Å². The minimum absolute atomic E-state index is 0.112. The number of carbonyl (C=O) groups is 2. The van der Waals surface area contributed by atoms with Crippen LogP contribution in [0.4, 0.5) is 0 Å². The van der Waals surface area contributed by atoms with Crippen LogP contribution in [-0.2, 0) is 32.8 Å². The molecule has 1 aliphatic rings. The standard InChI is InChI=1S/C27H43BN3O12PS4/c1-45-47-25(17-40-20-6-3-5-19(13-20)27(34)31-10-8-29)39-12-11-38-16-24(33)30-9-4-7-28-23-14-21(22(15-32)42-23)43-26(48-46-2)18-41-44(35,36)37/h3,5-6,13,21-23,25-26,28,32H,8-12,14-18,29H2,1-2H3,(H,30,33)(H,31,34)(H2,35,36,37)/t21-,22?,23-,25?,26-/m1/s1. The Labute approximate surface area is 297 Å². The van der Waals surface area contributed by atoms with Crippen molar-refractivity contribution in [1.29, 1.82) is 0 Å². The zero-order valence-electron chi connectivity index (χ0n) is 26.6. The van der Waals surface area contributed by atoms with E-state index in [1.54, 1.807) is 30.5 Å². The van der Waals surface area contributed by atoms with Gasteiger partial charge in [-0.1, -0.05) is 55.2 Å². The first-order valence-electron chi connectivity index (χ1n) is 14.7. The molecule has 0 aliphatic carbocycles. The number of phosphoric acid groups is 1. The zero-order chi connectivity index (χ0) is 35.2. The van der Waals surface area contributed by atoms with Crippen molar-refractivity contribution in [2.75, 3.05) is 71.8 Å². The van der Waals surface area contributed by atoms with Gasteiger partial charge in [0, 0.05) is 24.7 Å². The monoisotopic (exact) mass is 771 g/mol. The largest absolute Gasteiger partial charge is 0.490 e. The lowest BCUT2D eigenvalue weighted by Crippen LogP contribution is -2.32. The molecular weight excluding hydrogens is 728 g/mol. The molecule has 1 fully saturated rings. The molecule has 1 saturated heterocycles. The number of ether oxygens (including phenoxy) is 5. The highest BCUT2D eigenvalue weighted by Gasteiger charge is 2.37. The molecule has 1 aliphatic heterocycles. The van der Waals surface area contributed by atoms with E-state index in [1.165, 1.54) is 43.2 Å². The first kappa shape index (κ1) is 43.0. The maximum atomic E-state index is 12.2. The normalized spacial score (nSPS) is 18.8. The Morgan fingerprint density at radius 1 is 1.17 bits per heavy atom. The van der Waals surface area contributed by atoms with Gasteiger partial charge in [-0.2, -0.15) is 5.82 Å². The van der Waals surface area contributed by atoms with Crippen molar-refractivity contribution in [1.82, 2.24) is 10.6 Å². The van der Waals surface area contributed by atoms with Crippen molar-refractivity contribution in [3.8, 4) is 17.5 Å². The predicted octanol–water partition coefficient (Wildman–Crippen LogP) is 0.577. The van der Waals surface area contributed by atoms with Gasteiger partial charge in [-0.25, -0.2) is 4.57 Å². The molecule has 21 heteroatoms. The zero-order valence-corrected chi connectivity index (χ0v) is 30.8. The molecule has 1 aromatic rings. The highest BCUT2D eigenvalue weighted by molar-refractivity contribution is 8.76. The van der Waals surface area contributed by atoms with E-state index in [2.05, 4.69) is 26.9 Å². The molecule has 270 valence electrons. The van der Waals surface area contributed by atoms with Gasteiger partial charge in [0.2, 0.25) is 13.2 Å². The van der Waals surface area contributed by atoms with Crippen molar-refractivity contribution in [3.05, 3.63) is 29.8 Å². The number of phosphoric ester groups is 1. The van der Waals surface area contributed by atoms with Crippen LogP contribution >= 0.6 is 51.0 Å². The highest BCUT2D eigenvalue weighted by Crippen LogP contribution is 2.39. The molecule has 15 nitrogen and oxygen atoms in total. The Hall–Kier alpha value is -1.15. The topological polar surface area (TPSA) is 217 Å². The Balaban J connectivity index is 1.64. The molecule has 2 unspecified atom stereocenters. The smallest absolute Gasteiger partial charge is 0.469 e. The number of amides is 2. The summed E-state index contributed by atoms with van der Waals surface area (Å²) in [6.45, 7) is 0.745. The van der Waals surface area contributed by atoms with Gasteiger partial charge < -0.3 is 54.9 Å². The summed E-state index contributed by atoms with van der Waals surface area (Å²) in [6.07, 6.45) is 3.02. The quantitative estimate of drug-likeness (QED) is 0.0212. The van der Waals surface area contributed by atoms with Gasteiger partial charge >= 0.3 is 7.82 Å². The van der Waals surface area contributed by atoms with E-state index in [0.717, 1.165) is 0 Å². The third-order valence-corrected chi connectivity index (χ3v) is 10.3. The second-order valence-electron chi connectivity index (χ2n) is 9.70. The second-order valence-corrected chi connectivity index (χ2v) is 16.2. The Kier molecular flexibility index (Phi) is 22.3. The number of nitrogens with one attached hydrogen (secondary N) is 2. The van der Waals surface area contributed by atoms with E-state index in [0.29, 0.717) is 38.1 Å². The summed E-state index contributed by atoms with van der Waals surface area (Å²) in [6, 6.07) is 6.52. The first-order valence-corrected chi connectivity index (χ1v) is 21.5. The summed E-state index contributed by atoms with van der Waals surface area (Å²) in [5.41, 5.74) is 4.92. The Bertz CT molecular complexity index is 1210. The van der Waals surface area contributed by atoms with Crippen molar-refractivity contribution in [3.63, 3.8) is 0 Å². The van der Waals surface area contributed by atoms with Crippen LogP contribution in [0.5, 0.6) is 5.75 Å². The van der Waals surface area contributed by atoms with Crippen molar-refractivity contribution in [2.24, 2.45) is 5.73 Å². The molecule has 1 heterocycles. The van der Waals surface area contributed by atoms with Crippen molar-refractivity contribution >= 4 is 70.1 Å². The van der Waals surface area contributed by atoms with Crippen molar-refractivity contribution < 1.29 is 57.3 Å². The van der Waals surface area contributed by atoms with Gasteiger partial charge in [0.25, 0.3) is 5.91 Å². The summed E-state index contributed by atoms with van der Waals surface area (Å²) in [4.78, 5) is 42.2. The molecule has 7 N–H and O–H groups in total. The van der Waals surface area contributed by atoms with Gasteiger partial charge in [0.05, 0.1) is 39.1 Å². The molecule has 0 saturated carbocycles. The van der Waals surface area contributed by atoms with Crippen LogP contribution in [0.3, 0.4) is 0 Å². The number of rotatable bonds is 24. The first-order chi connectivity index (χ1) is 23.1. The van der Waals surface area contributed by atoms with E-state index >= 15 is 0 Å². The van der Waals surface area contributed by atoms with Crippen molar-refractivity contribution in [2.45, 2.75) is 35.5 Å². The van der Waals surface area contributed by atoms with E-state index in [1.807, 2.05) is 6.26 Å². The average molecular weight is 772 g/mol. The number of aliphatic hydroxyl groups excluding tert-OH is 1. The Morgan fingerprint density at radius 2 is 1.94 bits per heavy atom. The summed E-state index contributed by atoms with van der Waals surface area (Å²) in [5.74, 6) is 5.78. The van der Waals surface area contributed by atoms with Crippen LogP contribution in [0.1, 0.15) is 16.8 Å². The summed E-state index contributed by atoms with van der Waals surface area (Å²) >= 11 is 0. The summed E-state index contributed by atoms with van der Waals surface area (Å²) < 4.78 is 44.4. The fraction of sp³-hybridized carbons (Fsp3) is 0.630. The van der Waals surface area contributed by atoms with Gasteiger partial charge in [-0.15, -0.1) is 0 Å². The maximum absolute atomic E-state index is 12.2. The van der Waals surface area contributed by atoms with E-state index in [4.69, 9.17) is 39.2 Å². The van der Waals surface area contributed by atoms with Crippen LogP contribution in [0.2, 0.25) is 0 Å². The van der Waals surface area contributed by atoms with Crippen LogP contribution in [0.15, 0.2) is 24.3 Å². The van der Waals surface area contributed by atoms with Gasteiger partial charge in [0.15, 0.2) is 0 Å². The number of hydrogen-bond donors (Lipinski definition) is 6. The molecule has 0 radical (unpaired) electrons. The lowest BCUT2D eigenvalue weighted by Gasteiger charge is -2.23. The maximum Gasteiger partial charge on any atom is 0.469 e. The fourth-order valence-electron chi connectivity index (χ4n) is 4.02. The molecule has 48 heavy (non-hydrogen) atoms. The molecule has 2 rings (SSSR count). The second kappa shape index (κ2) is 24.9. The molecule has 1 aromatic carbocycles. The number of hydrogen-bond acceptors (Lipinski definition) is 15. The Morgan fingerprint density at radius 3 is 2.65 bits per heavy atom. The lowest BCUT2D eigenvalue weighted by molar-refractivity contribution is -0.126. The van der Waals surface area contributed by atoms with Crippen LogP contribution in [-0.4, -0.2) is 135 Å². The highest BCUT2D eigenvalue weighted by atomic mass is 33.1. The lowest BCUT2D eigenvalue weighted by atomic mass is 9.71. The summed E-state index contributed by atoms with van der Waals surface area (Å²) in [7, 11) is 1.29. The summed E-state index contributed by atoms with van der Waals surface area (Å²) in [5, 5.41) is 15.1. The third kappa shape index (κ3) is 18.7. The minimum Gasteiger partial charge on any atom is -0.490 e. The minimum atomic E-state index is -4.65. The number of carbonyl (C=O) groups excluding carboxylic acids is 2. The van der Waals surface area contributed by atoms with Gasteiger partial charge in [0.1, 0.15) is 35.9 Å². The third-order valence-electron chi connectivity index (χ3n) is 6.07. The van der Waals surface area contributed by atoms with Gasteiger partial charge in [-0.3, -0.25) is 14.1 Å². The molecule has 2 amide bonds. The van der Waals surface area contributed by atoms with Gasteiger partial charge in [-0.05, 0) is 37.1 Å².